The highest BCUT2D eigenvalue weighted by Gasteiger charge is 2.48. The number of nitrogens with zero attached hydrogens (tertiary/aromatic N) is 1. The normalized spacial score (nSPS) is 22.4. The lowest BCUT2D eigenvalue weighted by Gasteiger charge is -2.24. The molecule has 1 unspecified atom stereocenters. The molecular weight excluding hydrogens is 445 g/mol. The first-order valence-corrected chi connectivity index (χ1v) is 9.89. The van der Waals surface area contributed by atoms with Crippen LogP contribution in [0.1, 0.15) is 30.0 Å². The van der Waals surface area contributed by atoms with E-state index in [1.807, 2.05) is 6.92 Å². The van der Waals surface area contributed by atoms with E-state index in [1.165, 1.54) is 0 Å². The SMILES string of the molecule is CC1(c2cc(Cl)c(Cl)c(Cl)c2)CC(c2ccc3c(c2)C(CF)(CF)OB3O)=NO1. The maximum atomic E-state index is 13.6. The van der Waals surface area contributed by atoms with Gasteiger partial charge in [-0.25, -0.2) is 8.78 Å². The first-order chi connectivity index (χ1) is 13.7. The minimum atomic E-state index is -1.81. The summed E-state index contributed by atoms with van der Waals surface area (Å²) >= 11 is 18.3. The van der Waals surface area contributed by atoms with E-state index in [0.29, 0.717) is 38.8 Å². The third kappa shape index (κ3) is 3.33. The second-order valence-corrected chi connectivity index (χ2v) is 8.52. The number of fused-ring (bicyclic) bond motifs is 1. The first kappa shape index (κ1) is 20.9. The fraction of sp³-hybridized carbons (Fsp3) is 0.316. The molecule has 2 heterocycles. The van der Waals surface area contributed by atoms with Crippen molar-refractivity contribution < 1.29 is 23.3 Å². The Bertz CT molecular complexity index is 995. The molecule has 0 saturated heterocycles. The molecule has 0 amide bonds. The molecule has 0 aliphatic carbocycles. The lowest BCUT2D eigenvalue weighted by molar-refractivity contribution is -0.00737. The maximum Gasteiger partial charge on any atom is 0.492 e. The van der Waals surface area contributed by atoms with Gasteiger partial charge in [-0.05, 0) is 41.7 Å². The van der Waals surface area contributed by atoms with E-state index < -0.39 is 31.7 Å². The van der Waals surface area contributed by atoms with E-state index >= 15 is 0 Å². The van der Waals surface area contributed by atoms with Crippen molar-refractivity contribution in [2.45, 2.75) is 24.5 Å². The fourth-order valence-corrected chi connectivity index (χ4v) is 4.24. The molecule has 0 fully saturated rings. The van der Waals surface area contributed by atoms with Crippen LogP contribution in [0.5, 0.6) is 0 Å². The van der Waals surface area contributed by atoms with Gasteiger partial charge >= 0.3 is 7.12 Å². The number of alkyl halides is 2. The average molecular weight is 461 g/mol. The van der Waals surface area contributed by atoms with Gasteiger partial charge in [0.25, 0.3) is 0 Å². The van der Waals surface area contributed by atoms with Gasteiger partial charge in [0.15, 0.2) is 5.60 Å². The largest absolute Gasteiger partial charge is 0.492 e. The summed E-state index contributed by atoms with van der Waals surface area (Å²) in [5, 5.41) is 15.0. The van der Waals surface area contributed by atoms with Crippen molar-refractivity contribution in [3.63, 3.8) is 0 Å². The molecule has 4 nitrogen and oxygen atoms in total. The standard InChI is InChI=1S/C19H15BCl3F2NO3/c1-18(11-5-14(21)17(23)15(22)6-11)7-16(26-29-18)10-2-3-13-12(4-10)19(8-24,9-25)28-20(13)27/h2-6,27H,7-9H2,1H3. The molecule has 2 aromatic carbocycles. The smallest absolute Gasteiger partial charge is 0.423 e. The third-order valence-corrected chi connectivity index (χ3v) is 6.57. The molecule has 0 bridgehead atoms. The van der Waals surface area contributed by atoms with Gasteiger partial charge in [0.1, 0.15) is 19.0 Å². The van der Waals surface area contributed by atoms with Crippen LogP contribution in [0.4, 0.5) is 8.78 Å². The summed E-state index contributed by atoms with van der Waals surface area (Å²) in [6, 6.07) is 8.20. The molecule has 1 atom stereocenters. The van der Waals surface area contributed by atoms with Crippen molar-refractivity contribution >= 4 is 53.1 Å². The predicted octanol–water partition coefficient (Wildman–Crippen LogP) is 4.54. The van der Waals surface area contributed by atoms with Gasteiger partial charge < -0.3 is 14.5 Å². The van der Waals surface area contributed by atoms with Crippen molar-refractivity contribution in [3.05, 3.63) is 62.1 Å². The Labute approximate surface area is 181 Å². The quantitative estimate of drug-likeness (QED) is 0.539. The summed E-state index contributed by atoms with van der Waals surface area (Å²) in [5.74, 6) is 0. The second-order valence-electron chi connectivity index (χ2n) is 7.32. The molecular formula is C19H15BCl3F2NO3. The van der Waals surface area contributed by atoms with Crippen LogP contribution in [0, 0.1) is 0 Å². The van der Waals surface area contributed by atoms with Gasteiger partial charge in [-0.15, -0.1) is 0 Å². The summed E-state index contributed by atoms with van der Waals surface area (Å²) in [6.45, 7) is -0.369. The first-order valence-electron chi connectivity index (χ1n) is 8.76. The third-order valence-electron chi connectivity index (χ3n) is 5.37. The van der Waals surface area contributed by atoms with E-state index in [2.05, 4.69) is 5.16 Å². The van der Waals surface area contributed by atoms with E-state index in [0.717, 1.165) is 0 Å². The average Bonchev–Trinajstić information content (AvgIpc) is 3.25. The van der Waals surface area contributed by atoms with Gasteiger partial charge in [-0.3, -0.25) is 0 Å². The highest BCUT2D eigenvalue weighted by molar-refractivity contribution is 6.62. The van der Waals surface area contributed by atoms with Crippen LogP contribution in [0.2, 0.25) is 15.1 Å². The van der Waals surface area contributed by atoms with Crippen LogP contribution < -0.4 is 5.46 Å². The van der Waals surface area contributed by atoms with Crippen LogP contribution in [0.25, 0.3) is 0 Å². The van der Waals surface area contributed by atoms with Gasteiger partial charge in [0.2, 0.25) is 0 Å². The molecule has 0 aromatic heterocycles. The summed E-state index contributed by atoms with van der Waals surface area (Å²) in [4.78, 5) is 5.69. The van der Waals surface area contributed by atoms with Crippen molar-refractivity contribution in [2.75, 3.05) is 13.3 Å². The molecule has 29 heavy (non-hydrogen) atoms. The summed E-state index contributed by atoms with van der Waals surface area (Å²) in [5.41, 5.74) is -0.181. The van der Waals surface area contributed by atoms with Crippen molar-refractivity contribution in [2.24, 2.45) is 5.16 Å². The topological polar surface area (TPSA) is 51.0 Å². The summed E-state index contributed by atoms with van der Waals surface area (Å²) < 4.78 is 32.4. The van der Waals surface area contributed by atoms with Crippen molar-refractivity contribution in [3.8, 4) is 0 Å². The molecule has 4 rings (SSSR count). The van der Waals surface area contributed by atoms with Crippen molar-refractivity contribution in [1.82, 2.24) is 0 Å². The van der Waals surface area contributed by atoms with Gasteiger partial charge in [0.05, 0.1) is 20.8 Å². The summed E-state index contributed by atoms with van der Waals surface area (Å²) in [6.07, 6.45) is 0.363. The Morgan fingerprint density at radius 3 is 2.41 bits per heavy atom. The monoisotopic (exact) mass is 459 g/mol. The molecule has 1 N–H and O–H groups in total. The number of halogens is 5. The molecule has 2 aliphatic heterocycles. The lowest BCUT2D eigenvalue weighted by atomic mass is 9.77. The van der Waals surface area contributed by atoms with E-state index in [9.17, 15) is 13.8 Å². The molecule has 0 spiro atoms. The molecule has 152 valence electrons. The molecule has 0 saturated carbocycles. The molecule has 10 heteroatoms. The van der Waals surface area contributed by atoms with Gasteiger partial charge in [-0.2, -0.15) is 0 Å². The number of hydrogen-bond acceptors (Lipinski definition) is 4. The predicted molar refractivity (Wildman–Crippen MR) is 110 cm³/mol. The Morgan fingerprint density at radius 2 is 1.79 bits per heavy atom. The zero-order valence-corrected chi connectivity index (χ0v) is 17.5. The minimum Gasteiger partial charge on any atom is -0.423 e. The van der Waals surface area contributed by atoms with Gasteiger partial charge in [-0.1, -0.05) is 52.1 Å². The molecule has 2 aliphatic rings. The fourth-order valence-electron chi connectivity index (χ4n) is 3.64. The highest BCUT2D eigenvalue weighted by atomic mass is 35.5. The Balaban J connectivity index is 1.67. The van der Waals surface area contributed by atoms with Crippen LogP contribution in [-0.4, -0.2) is 31.2 Å². The highest BCUT2D eigenvalue weighted by Crippen LogP contribution is 2.41. The minimum absolute atomic E-state index is 0.255. The lowest BCUT2D eigenvalue weighted by Crippen LogP contribution is -2.33. The molecule has 2 aromatic rings. The van der Waals surface area contributed by atoms with Crippen LogP contribution in [-0.2, 0) is 20.7 Å². The number of benzene rings is 2. The Hall–Kier alpha value is -1.38. The second kappa shape index (κ2) is 7.39. The zero-order valence-electron chi connectivity index (χ0n) is 15.2. The van der Waals surface area contributed by atoms with Crippen LogP contribution >= 0.6 is 34.8 Å². The maximum absolute atomic E-state index is 13.6. The molecule has 0 radical (unpaired) electrons. The van der Waals surface area contributed by atoms with Crippen LogP contribution in [0.15, 0.2) is 35.5 Å². The van der Waals surface area contributed by atoms with E-state index in [1.54, 1.807) is 30.3 Å². The van der Waals surface area contributed by atoms with E-state index in [-0.39, 0.29) is 10.6 Å². The Morgan fingerprint density at radius 1 is 1.14 bits per heavy atom. The summed E-state index contributed by atoms with van der Waals surface area (Å²) in [7, 11) is -1.38. The number of oxime groups is 1. The number of hydrogen-bond donors (Lipinski definition) is 1. The van der Waals surface area contributed by atoms with Gasteiger partial charge in [0, 0.05) is 12.0 Å². The zero-order chi connectivity index (χ0) is 21.0. The number of rotatable bonds is 4. The van der Waals surface area contributed by atoms with Crippen LogP contribution in [0.3, 0.4) is 0 Å². The Kier molecular flexibility index (Phi) is 5.32. The van der Waals surface area contributed by atoms with E-state index in [4.69, 9.17) is 44.3 Å². The van der Waals surface area contributed by atoms with Crippen molar-refractivity contribution in [1.29, 1.82) is 0 Å².